The lowest BCUT2D eigenvalue weighted by molar-refractivity contribution is 0.136. The van der Waals surface area contributed by atoms with E-state index in [-0.39, 0.29) is 23.5 Å². The fraction of sp³-hybridized carbons (Fsp3) is 0.429. The van der Waals surface area contributed by atoms with E-state index in [9.17, 15) is 10.2 Å². The summed E-state index contributed by atoms with van der Waals surface area (Å²) in [4.78, 5) is 2.43. The van der Waals surface area contributed by atoms with Crippen LogP contribution < -0.4 is 9.47 Å². The Kier molecular flexibility index (Phi) is 4.19. The first-order valence-electron chi connectivity index (χ1n) is 9.16. The molecule has 2 N–H and O–H groups in total. The average molecular weight is 355 g/mol. The van der Waals surface area contributed by atoms with E-state index in [1.165, 1.54) is 11.1 Å². The maximum absolute atomic E-state index is 10.0. The quantitative estimate of drug-likeness (QED) is 0.822. The summed E-state index contributed by atoms with van der Waals surface area (Å²) in [5.74, 6) is 1.77. The largest absolute Gasteiger partial charge is 0.504 e. The van der Waals surface area contributed by atoms with Gasteiger partial charge in [-0.05, 0) is 48.2 Å². The Labute approximate surface area is 153 Å². The fourth-order valence-electron chi connectivity index (χ4n) is 4.57. The van der Waals surface area contributed by atoms with Crippen LogP contribution in [0, 0.1) is 0 Å². The van der Waals surface area contributed by atoms with Crippen LogP contribution in [0.25, 0.3) is 0 Å². The molecular weight excluding hydrogens is 330 g/mol. The van der Waals surface area contributed by atoms with Crippen molar-refractivity contribution in [2.24, 2.45) is 0 Å². The van der Waals surface area contributed by atoms with Gasteiger partial charge in [0.1, 0.15) is 0 Å². The molecule has 0 spiro atoms. The van der Waals surface area contributed by atoms with Crippen molar-refractivity contribution in [3.05, 3.63) is 46.5 Å². The SMILES string of the molecule is CCOc1ccc2c(c1OC)CN1CCc3cc(O)c(O)cc3[C@H]1[C@H]2C. The van der Waals surface area contributed by atoms with Crippen molar-refractivity contribution in [1.82, 2.24) is 4.90 Å². The van der Waals surface area contributed by atoms with Crippen LogP contribution in [-0.2, 0) is 13.0 Å². The third kappa shape index (κ3) is 2.50. The third-order valence-corrected chi connectivity index (χ3v) is 5.71. The van der Waals surface area contributed by atoms with E-state index in [0.29, 0.717) is 6.61 Å². The minimum absolute atomic E-state index is 0.0379. The minimum Gasteiger partial charge on any atom is -0.504 e. The van der Waals surface area contributed by atoms with Gasteiger partial charge in [-0.15, -0.1) is 0 Å². The summed E-state index contributed by atoms with van der Waals surface area (Å²) in [6.07, 6.45) is 0.856. The first-order valence-corrected chi connectivity index (χ1v) is 9.16. The molecular formula is C21H25NO4. The van der Waals surface area contributed by atoms with Crippen molar-refractivity contribution in [1.29, 1.82) is 0 Å². The van der Waals surface area contributed by atoms with Crippen LogP contribution in [0.2, 0.25) is 0 Å². The van der Waals surface area contributed by atoms with Crippen molar-refractivity contribution in [3.63, 3.8) is 0 Å². The highest BCUT2D eigenvalue weighted by Gasteiger charge is 2.39. The molecule has 0 saturated carbocycles. The molecule has 5 nitrogen and oxygen atoms in total. The second-order valence-electron chi connectivity index (χ2n) is 7.09. The highest BCUT2D eigenvalue weighted by molar-refractivity contribution is 5.55. The fourth-order valence-corrected chi connectivity index (χ4v) is 4.57. The van der Waals surface area contributed by atoms with Gasteiger partial charge in [0.05, 0.1) is 13.7 Å². The van der Waals surface area contributed by atoms with Crippen LogP contribution in [0.15, 0.2) is 24.3 Å². The van der Waals surface area contributed by atoms with Gasteiger partial charge in [-0.25, -0.2) is 0 Å². The topological polar surface area (TPSA) is 62.2 Å². The van der Waals surface area contributed by atoms with Gasteiger partial charge in [0.25, 0.3) is 0 Å². The summed E-state index contributed by atoms with van der Waals surface area (Å²) in [7, 11) is 1.70. The van der Waals surface area contributed by atoms with Crippen LogP contribution in [0.5, 0.6) is 23.0 Å². The number of nitrogens with zero attached hydrogens (tertiary/aromatic N) is 1. The third-order valence-electron chi connectivity index (χ3n) is 5.71. The van der Waals surface area contributed by atoms with Gasteiger partial charge in [0.2, 0.25) is 0 Å². The summed E-state index contributed by atoms with van der Waals surface area (Å²) < 4.78 is 11.4. The first kappa shape index (κ1) is 17.0. The predicted molar refractivity (Wildman–Crippen MR) is 99.2 cm³/mol. The van der Waals surface area contributed by atoms with E-state index < -0.39 is 0 Å². The molecule has 2 aliphatic heterocycles. The molecule has 2 aromatic rings. The Morgan fingerprint density at radius 1 is 1.15 bits per heavy atom. The van der Waals surface area contributed by atoms with Gasteiger partial charge in [0, 0.05) is 30.6 Å². The van der Waals surface area contributed by atoms with Crippen LogP contribution in [0.3, 0.4) is 0 Å². The summed E-state index contributed by atoms with van der Waals surface area (Å²) in [6, 6.07) is 7.75. The molecule has 0 aromatic heterocycles. The highest BCUT2D eigenvalue weighted by atomic mass is 16.5. The number of phenolic OH excluding ortho intramolecular Hbond substituents is 2. The molecule has 5 heteroatoms. The zero-order valence-corrected chi connectivity index (χ0v) is 15.5. The van der Waals surface area contributed by atoms with Crippen LogP contribution in [-0.4, -0.2) is 35.4 Å². The van der Waals surface area contributed by atoms with Crippen molar-refractivity contribution in [2.45, 2.75) is 38.8 Å². The average Bonchev–Trinajstić information content (AvgIpc) is 2.63. The summed E-state index contributed by atoms with van der Waals surface area (Å²) in [6.45, 7) is 6.49. The van der Waals surface area contributed by atoms with E-state index in [0.717, 1.165) is 42.1 Å². The van der Waals surface area contributed by atoms with Gasteiger partial charge >= 0.3 is 0 Å². The molecule has 2 atom stereocenters. The molecule has 0 fully saturated rings. The molecule has 2 aliphatic rings. The van der Waals surface area contributed by atoms with Crippen molar-refractivity contribution in [3.8, 4) is 23.0 Å². The molecule has 0 unspecified atom stereocenters. The number of ether oxygens (including phenoxy) is 2. The molecule has 0 saturated heterocycles. The Hall–Kier alpha value is -2.40. The zero-order chi connectivity index (χ0) is 18.4. The smallest absolute Gasteiger partial charge is 0.165 e. The molecule has 2 aromatic carbocycles. The van der Waals surface area contributed by atoms with Crippen molar-refractivity contribution < 1.29 is 19.7 Å². The molecule has 26 heavy (non-hydrogen) atoms. The van der Waals surface area contributed by atoms with Crippen molar-refractivity contribution in [2.75, 3.05) is 20.3 Å². The number of methoxy groups -OCH3 is 1. The molecule has 0 radical (unpaired) electrons. The molecule has 0 aliphatic carbocycles. The Morgan fingerprint density at radius 3 is 2.65 bits per heavy atom. The maximum Gasteiger partial charge on any atom is 0.165 e. The van der Waals surface area contributed by atoms with Gasteiger partial charge < -0.3 is 19.7 Å². The molecule has 138 valence electrons. The summed E-state index contributed by atoms with van der Waals surface area (Å²) in [5.41, 5.74) is 4.67. The highest BCUT2D eigenvalue weighted by Crippen LogP contribution is 2.50. The first-order chi connectivity index (χ1) is 12.5. The number of aromatic hydroxyl groups is 2. The van der Waals surface area contributed by atoms with E-state index in [1.54, 1.807) is 19.2 Å². The normalized spacial score (nSPS) is 21.5. The number of hydrogen-bond acceptors (Lipinski definition) is 5. The lowest BCUT2D eigenvalue weighted by atomic mass is 9.77. The summed E-state index contributed by atoms with van der Waals surface area (Å²) >= 11 is 0. The number of benzene rings is 2. The van der Waals surface area contributed by atoms with Gasteiger partial charge in [-0.1, -0.05) is 13.0 Å². The predicted octanol–water partition coefficient (Wildman–Crippen LogP) is 3.72. The molecule has 0 amide bonds. The molecule has 0 bridgehead atoms. The van der Waals surface area contributed by atoms with Crippen LogP contribution in [0.1, 0.15) is 48.1 Å². The number of rotatable bonds is 3. The monoisotopic (exact) mass is 355 g/mol. The van der Waals surface area contributed by atoms with Crippen molar-refractivity contribution >= 4 is 0 Å². The second-order valence-corrected chi connectivity index (χ2v) is 7.09. The second kappa shape index (κ2) is 6.40. The zero-order valence-electron chi connectivity index (χ0n) is 15.5. The molecule has 2 heterocycles. The van der Waals surface area contributed by atoms with E-state index in [2.05, 4.69) is 17.9 Å². The van der Waals surface area contributed by atoms with Gasteiger partial charge in [-0.2, -0.15) is 0 Å². The standard InChI is InChI=1S/C21H25NO4/c1-4-26-19-6-5-14-12(2)20-15-10-18(24)17(23)9-13(15)7-8-22(20)11-16(14)21(19)25-3/h5-6,9-10,12,20,23-24H,4,7-8,11H2,1-3H3/t12-,20+/m0/s1. The number of hydrogen-bond donors (Lipinski definition) is 2. The van der Waals surface area contributed by atoms with E-state index in [4.69, 9.17) is 9.47 Å². The number of phenols is 2. The van der Waals surface area contributed by atoms with Crippen LogP contribution >= 0.6 is 0 Å². The number of fused-ring (bicyclic) bond motifs is 4. The Balaban J connectivity index is 1.81. The van der Waals surface area contributed by atoms with E-state index in [1.807, 2.05) is 13.0 Å². The summed E-state index contributed by atoms with van der Waals surface area (Å²) in [5, 5.41) is 19.9. The maximum atomic E-state index is 10.0. The molecule has 4 rings (SSSR count). The Morgan fingerprint density at radius 2 is 1.92 bits per heavy atom. The van der Waals surface area contributed by atoms with E-state index >= 15 is 0 Å². The van der Waals surface area contributed by atoms with Gasteiger partial charge in [0.15, 0.2) is 23.0 Å². The van der Waals surface area contributed by atoms with Crippen LogP contribution in [0.4, 0.5) is 0 Å². The minimum atomic E-state index is -0.0483. The lowest BCUT2D eigenvalue weighted by Crippen LogP contribution is -2.41. The Bertz CT molecular complexity index is 848. The van der Waals surface area contributed by atoms with Gasteiger partial charge in [-0.3, -0.25) is 4.90 Å². The lowest BCUT2D eigenvalue weighted by Gasteiger charge is -2.45.